The van der Waals surface area contributed by atoms with Gasteiger partial charge < -0.3 is 10.6 Å². The number of hydrogen-bond acceptors (Lipinski definition) is 4. The molecule has 106 valence electrons. The van der Waals surface area contributed by atoms with Crippen molar-refractivity contribution in [3.63, 3.8) is 0 Å². The van der Waals surface area contributed by atoms with Crippen LogP contribution in [0.5, 0.6) is 0 Å². The molecule has 1 saturated heterocycles. The maximum atomic E-state index is 13.4. The molecule has 2 rings (SSSR count). The highest BCUT2D eigenvalue weighted by atomic mass is 32.2. The second-order valence-corrected chi connectivity index (χ2v) is 7.18. The van der Waals surface area contributed by atoms with Gasteiger partial charge >= 0.3 is 0 Å². The summed E-state index contributed by atoms with van der Waals surface area (Å²) >= 11 is 0. The van der Waals surface area contributed by atoms with Crippen LogP contribution in [0, 0.1) is 5.82 Å². The predicted octanol–water partition coefficient (Wildman–Crippen LogP) is 1.17. The van der Waals surface area contributed by atoms with Crippen molar-refractivity contribution < 1.29 is 12.8 Å². The van der Waals surface area contributed by atoms with Crippen molar-refractivity contribution >= 4 is 15.5 Å². The van der Waals surface area contributed by atoms with Crippen molar-refractivity contribution in [1.29, 1.82) is 0 Å². The molecule has 1 fully saturated rings. The normalized spacial score (nSPS) is 25.4. The average Bonchev–Trinajstić information content (AvgIpc) is 2.67. The topological polar surface area (TPSA) is 63.4 Å². The molecule has 1 heterocycles. The first-order valence-corrected chi connectivity index (χ1v) is 8.18. The molecule has 1 unspecified atom stereocenters. The second kappa shape index (κ2) is 5.09. The molecule has 0 aliphatic carbocycles. The number of sulfone groups is 1. The lowest BCUT2D eigenvalue weighted by molar-refractivity contribution is 0.443. The molecule has 0 spiro atoms. The van der Waals surface area contributed by atoms with Crippen LogP contribution in [0.4, 0.5) is 10.1 Å². The second-order valence-electron chi connectivity index (χ2n) is 4.99. The van der Waals surface area contributed by atoms with E-state index in [4.69, 9.17) is 5.73 Å². The Hall–Kier alpha value is -1.14. The molecule has 4 nitrogen and oxygen atoms in total. The lowest BCUT2D eigenvalue weighted by Gasteiger charge is -2.41. The minimum atomic E-state index is -3.05. The summed E-state index contributed by atoms with van der Waals surface area (Å²) in [5, 5.41) is 0. The molecule has 0 radical (unpaired) electrons. The minimum Gasteiger partial charge on any atom is -0.364 e. The Balaban J connectivity index is 2.40. The highest BCUT2D eigenvalue weighted by Crippen LogP contribution is 2.33. The van der Waals surface area contributed by atoms with Gasteiger partial charge in [-0.15, -0.1) is 0 Å². The summed E-state index contributed by atoms with van der Waals surface area (Å²) in [6, 6.07) is 6.21. The zero-order valence-corrected chi connectivity index (χ0v) is 11.8. The van der Waals surface area contributed by atoms with Crippen molar-refractivity contribution in [2.45, 2.75) is 18.9 Å². The molecular weight excluding hydrogens is 267 g/mol. The maximum Gasteiger partial charge on any atom is 0.152 e. The summed E-state index contributed by atoms with van der Waals surface area (Å²) in [5.41, 5.74) is 5.92. The summed E-state index contributed by atoms with van der Waals surface area (Å²) in [4.78, 5) is 1.92. The van der Waals surface area contributed by atoms with Gasteiger partial charge in [-0.2, -0.15) is 0 Å². The van der Waals surface area contributed by atoms with E-state index in [0.29, 0.717) is 18.7 Å². The number of rotatable bonds is 4. The SMILES string of the molecule is CCN(c1cccc(F)c1)C1(CN)CCS(=O)(=O)C1. The Morgan fingerprint density at radius 2 is 2.21 bits per heavy atom. The third-order valence-corrected chi connectivity index (χ3v) is 5.56. The molecule has 0 bridgehead atoms. The molecule has 1 aliphatic rings. The zero-order chi connectivity index (χ0) is 14.1. The molecular formula is C13H19FN2O2S. The van der Waals surface area contributed by atoms with Crippen molar-refractivity contribution in [3.8, 4) is 0 Å². The number of likely N-dealkylation sites (N-methyl/N-ethyl adjacent to an activating group) is 1. The Bertz CT molecular complexity index is 562. The van der Waals surface area contributed by atoms with Gasteiger partial charge in [0.15, 0.2) is 9.84 Å². The third-order valence-electron chi connectivity index (χ3n) is 3.76. The van der Waals surface area contributed by atoms with Crippen LogP contribution >= 0.6 is 0 Å². The van der Waals surface area contributed by atoms with Crippen LogP contribution in [0.1, 0.15) is 13.3 Å². The molecule has 1 aliphatic heterocycles. The molecule has 6 heteroatoms. The molecule has 1 aromatic carbocycles. The summed E-state index contributed by atoms with van der Waals surface area (Å²) in [5.74, 6) is -0.138. The van der Waals surface area contributed by atoms with Crippen molar-refractivity contribution in [2.24, 2.45) is 5.73 Å². The first kappa shape index (κ1) is 14.3. The number of benzene rings is 1. The van der Waals surface area contributed by atoms with Crippen molar-refractivity contribution in [1.82, 2.24) is 0 Å². The van der Waals surface area contributed by atoms with Gasteiger partial charge in [0, 0.05) is 18.8 Å². The van der Waals surface area contributed by atoms with Crippen LogP contribution in [0.2, 0.25) is 0 Å². The Labute approximate surface area is 113 Å². The van der Waals surface area contributed by atoms with Crippen LogP contribution in [0.3, 0.4) is 0 Å². The minimum absolute atomic E-state index is 0.0425. The highest BCUT2D eigenvalue weighted by molar-refractivity contribution is 7.91. The van der Waals surface area contributed by atoms with E-state index in [1.807, 2.05) is 11.8 Å². The predicted molar refractivity (Wildman–Crippen MR) is 74.5 cm³/mol. The first-order valence-electron chi connectivity index (χ1n) is 6.36. The Morgan fingerprint density at radius 1 is 1.47 bits per heavy atom. The van der Waals surface area contributed by atoms with Gasteiger partial charge in [-0.25, -0.2) is 12.8 Å². The molecule has 0 amide bonds. The van der Waals surface area contributed by atoms with Gasteiger partial charge in [0.1, 0.15) is 5.82 Å². The zero-order valence-electron chi connectivity index (χ0n) is 11.0. The Morgan fingerprint density at radius 3 is 2.68 bits per heavy atom. The number of nitrogens with two attached hydrogens (primary N) is 1. The average molecular weight is 286 g/mol. The quantitative estimate of drug-likeness (QED) is 0.902. The molecule has 19 heavy (non-hydrogen) atoms. The van der Waals surface area contributed by atoms with Gasteiger partial charge in [0.2, 0.25) is 0 Å². The van der Waals surface area contributed by atoms with Crippen LogP contribution in [0.25, 0.3) is 0 Å². The van der Waals surface area contributed by atoms with Crippen LogP contribution < -0.4 is 10.6 Å². The maximum absolute atomic E-state index is 13.4. The standard InChI is InChI=1S/C13H19FN2O2S/c1-2-16(12-5-3-4-11(14)8-12)13(9-15)6-7-19(17,18)10-13/h3-5,8H,2,6-7,9-10,15H2,1H3. The van der Waals surface area contributed by atoms with Gasteiger partial charge in [-0.05, 0) is 31.5 Å². The van der Waals surface area contributed by atoms with Crippen LogP contribution in [-0.2, 0) is 9.84 Å². The largest absolute Gasteiger partial charge is 0.364 e. The van der Waals surface area contributed by atoms with E-state index in [1.165, 1.54) is 12.1 Å². The summed E-state index contributed by atoms with van der Waals surface area (Å²) in [6.45, 7) is 2.76. The van der Waals surface area contributed by atoms with Crippen molar-refractivity contribution in [2.75, 3.05) is 29.5 Å². The van der Waals surface area contributed by atoms with Gasteiger partial charge in [-0.1, -0.05) is 6.07 Å². The smallest absolute Gasteiger partial charge is 0.152 e. The summed E-state index contributed by atoms with van der Waals surface area (Å²) in [7, 11) is -3.05. The van der Waals surface area contributed by atoms with Gasteiger partial charge in [0.25, 0.3) is 0 Å². The van der Waals surface area contributed by atoms with E-state index in [-0.39, 0.29) is 23.9 Å². The van der Waals surface area contributed by atoms with E-state index in [0.717, 1.165) is 0 Å². The van der Waals surface area contributed by atoms with Gasteiger partial charge in [-0.3, -0.25) is 0 Å². The fraction of sp³-hybridized carbons (Fsp3) is 0.538. The fourth-order valence-corrected chi connectivity index (χ4v) is 4.89. The highest BCUT2D eigenvalue weighted by Gasteiger charge is 2.45. The molecule has 1 atom stereocenters. The first-order chi connectivity index (χ1) is 8.92. The number of hydrogen-bond donors (Lipinski definition) is 1. The van der Waals surface area contributed by atoms with Crippen LogP contribution in [0.15, 0.2) is 24.3 Å². The van der Waals surface area contributed by atoms with Gasteiger partial charge in [0.05, 0.1) is 17.0 Å². The monoisotopic (exact) mass is 286 g/mol. The molecule has 0 saturated carbocycles. The third kappa shape index (κ3) is 2.74. The molecule has 1 aromatic rings. The lowest BCUT2D eigenvalue weighted by Crippen LogP contribution is -2.55. The Kier molecular flexibility index (Phi) is 3.82. The van der Waals surface area contributed by atoms with Crippen molar-refractivity contribution in [3.05, 3.63) is 30.1 Å². The van der Waals surface area contributed by atoms with E-state index < -0.39 is 15.4 Å². The summed E-state index contributed by atoms with van der Waals surface area (Å²) in [6.07, 6.45) is 0.496. The van der Waals surface area contributed by atoms with E-state index in [9.17, 15) is 12.8 Å². The van der Waals surface area contributed by atoms with E-state index in [2.05, 4.69) is 0 Å². The number of nitrogens with zero attached hydrogens (tertiary/aromatic N) is 1. The van der Waals surface area contributed by atoms with Crippen LogP contribution in [-0.4, -0.2) is 38.6 Å². The van der Waals surface area contributed by atoms with E-state index in [1.54, 1.807) is 12.1 Å². The summed E-state index contributed by atoms with van der Waals surface area (Å²) < 4.78 is 36.9. The number of anilines is 1. The fourth-order valence-electron chi connectivity index (χ4n) is 2.82. The molecule has 2 N–H and O–H groups in total. The van der Waals surface area contributed by atoms with E-state index >= 15 is 0 Å². The number of halogens is 1. The lowest BCUT2D eigenvalue weighted by atomic mass is 9.95. The molecule has 0 aromatic heterocycles.